The lowest BCUT2D eigenvalue weighted by atomic mass is 9.86. The van der Waals surface area contributed by atoms with Gasteiger partial charge < -0.3 is 4.90 Å². The molecule has 0 aromatic rings. The Morgan fingerprint density at radius 1 is 1.42 bits per heavy atom. The Morgan fingerprint density at radius 2 is 2.16 bits per heavy atom. The summed E-state index contributed by atoms with van der Waals surface area (Å²) in [6.45, 7) is 5.38. The van der Waals surface area contributed by atoms with Gasteiger partial charge in [0.25, 0.3) is 0 Å². The molecule has 19 heavy (non-hydrogen) atoms. The Balaban J connectivity index is 1.98. The molecule has 0 aromatic heterocycles. The summed E-state index contributed by atoms with van der Waals surface area (Å²) in [5.41, 5.74) is 1.28. The Kier molecular flexibility index (Phi) is 5.56. The van der Waals surface area contributed by atoms with E-state index in [1.54, 1.807) is 11.8 Å². The summed E-state index contributed by atoms with van der Waals surface area (Å²) in [6.07, 6.45) is 10.2. The van der Waals surface area contributed by atoms with E-state index < -0.39 is 0 Å². The van der Waals surface area contributed by atoms with Crippen molar-refractivity contribution in [3.05, 3.63) is 22.2 Å². The number of nitrogens with zero attached hydrogens (tertiary/aromatic N) is 1. The summed E-state index contributed by atoms with van der Waals surface area (Å²) in [6, 6.07) is 0. The van der Waals surface area contributed by atoms with Crippen LogP contribution in [0.4, 0.5) is 0 Å². The molecule has 106 valence electrons. The highest BCUT2D eigenvalue weighted by molar-refractivity contribution is 8.06. The van der Waals surface area contributed by atoms with Gasteiger partial charge >= 0.3 is 0 Å². The normalized spacial score (nSPS) is 22.9. The molecule has 0 atom stereocenters. The number of unbranched alkanes of at least 4 members (excludes halogenated alkanes) is 1. The van der Waals surface area contributed by atoms with Crippen LogP contribution in [0.2, 0.25) is 0 Å². The van der Waals surface area contributed by atoms with Crippen molar-refractivity contribution < 1.29 is 4.79 Å². The van der Waals surface area contributed by atoms with Gasteiger partial charge in [-0.05, 0) is 31.6 Å². The minimum Gasteiger partial charge on any atom is -0.339 e. The largest absolute Gasteiger partial charge is 0.339 e. The number of ketones is 1. The van der Waals surface area contributed by atoms with Crippen molar-refractivity contribution in [2.75, 3.05) is 6.54 Å². The van der Waals surface area contributed by atoms with E-state index in [1.807, 2.05) is 6.08 Å². The van der Waals surface area contributed by atoms with Crippen LogP contribution in [0.5, 0.6) is 0 Å². The fraction of sp³-hybridized carbons (Fsp3) is 0.688. The first-order valence-electron chi connectivity index (χ1n) is 7.59. The van der Waals surface area contributed by atoms with Crippen molar-refractivity contribution in [1.82, 2.24) is 4.90 Å². The van der Waals surface area contributed by atoms with E-state index in [0.29, 0.717) is 5.78 Å². The summed E-state index contributed by atoms with van der Waals surface area (Å²) >= 11 is 1.71. The third-order valence-electron chi connectivity index (χ3n) is 4.05. The van der Waals surface area contributed by atoms with Crippen molar-refractivity contribution in [2.24, 2.45) is 5.92 Å². The Hall–Kier alpha value is -0.700. The minimum absolute atomic E-state index is 0.288. The lowest BCUT2D eigenvalue weighted by Gasteiger charge is -2.23. The fourth-order valence-corrected chi connectivity index (χ4v) is 3.75. The van der Waals surface area contributed by atoms with Crippen molar-refractivity contribution in [1.29, 1.82) is 0 Å². The zero-order valence-electron chi connectivity index (χ0n) is 12.2. The second-order valence-corrected chi connectivity index (χ2v) is 6.49. The van der Waals surface area contributed by atoms with Crippen LogP contribution in [0.15, 0.2) is 22.2 Å². The maximum Gasteiger partial charge on any atom is 0.161 e. The van der Waals surface area contributed by atoms with Gasteiger partial charge in [-0.15, -0.1) is 0 Å². The average Bonchev–Trinajstić information content (AvgIpc) is 2.78. The predicted octanol–water partition coefficient (Wildman–Crippen LogP) is 4.69. The molecule has 0 bridgehead atoms. The first-order chi connectivity index (χ1) is 9.22. The lowest BCUT2D eigenvalue weighted by Crippen LogP contribution is -2.21. The Morgan fingerprint density at radius 3 is 2.84 bits per heavy atom. The van der Waals surface area contributed by atoms with Crippen LogP contribution in [0.3, 0.4) is 0 Å². The van der Waals surface area contributed by atoms with Crippen molar-refractivity contribution in [3.63, 3.8) is 0 Å². The van der Waals surface area contributed by atoms with E-state index in [4.69, 9.17) is 0 Å². The standard InChI is InChI=1S/C16H25NOS/c1-3-4-10-17-13(2)12-19-16(17)11-15(18)14-8-6-5-7-9-14/h11-12,14H,3-10H2,1-2H3/b16-11-. The van der Waals surface area contributed by atoms with E-state index in [2.05, 4.69) is 24.2 Å². The Labute approximate surface area is 121 Å². The summed E-state index contributed by atoms with van der Waals surface area (Å²) < 4.78 is 0. The molecular formula is C16H25NOS. The first kappa shape index (κ1) is 14.7. The molecule has 0 N–H and O–H groups in total. The van der Waals surface area contributed by atoms with Crippen LogP contribution in [-0.4, -0.2) is 17.2 Å². The molecule has 2 aliphatic rings. The lowest BCUT2D eigenvalue weighted by molar-refractivity contribution is -0.119. The van der Waals surface area contributed by atoms with E-state index in [9.17, 15) is 4.79 Å². The number of hydrogen-bond acceptors (Lipinski definition) is 3. The van der Waals surface area contributed by atoms with E-state index in [0.717, 1.165) is 24.4 Å². The molecule has 0 radical (unpaired) electrons. The summed E-state index contributed by atoms with van der Waals surface area (Å²) in [7, 11) is 0. The SMILES string of the molecule is CCCCN1C(C)=CS/C1=C\C(=O)C1CCCCC1. The van der Waals surface area contributed by atoms with Gasteiger partial charge in [0.2, 0.25) is 0 Å². The van der Waals surface area contributed by atoms with Gasteiger partial charge in [0.05, 0.1) is 5.03 Å². The molecule has 3 heteroatoms. The van der Waals surface area contributed by atoms with Gasteiger partial charge in [-0.2, -0.15) is 0 Å². The molecule has 1 aliphatic heterocycles. The van der Waals surface area contributed by atoms with Crippen LogP contribution in [0.1, 0.15) is 58.8 Å². The molecule has 0 amide bonds. The summed E-state index contributed by atoms with van der Waals surface area (Å²) in [5.74, 6) is 0.641. The molecular weight excluding hydrogens is 254 g/mol. The number of rotatable bonds is 5. The van der Waals surface area contributed by atoms with Crippen LogP contribution < -0.4 is 0 Å². The highest BCUT2D eigenvalue weighted by Gasteiger charge is 2.23. The van der Waals surface area contributed by atoms with E-state index in [-0.39, 0.29) is 5.92 Å². The van der Waals surface area contributed by atoms with Crippen LogP contribution in [0, 0.1) is 5.92 Å². The van der Waals surface area contributed by atoms with Gasteiger partial charge in [0.1, 0.15) is 0 Å². The van der Waals surface area contributed by atoms with Gasteiger partial charge in [-0.1, -0.05) is 44.4 Å². The highest BCUT2D eigenvalue weighted by Crippen LogP contribution is 2.35. The van der Waals surface area contributed by atoms with Crippen LogP contribution >= 0.6 is 11.8 Å². The molecule has 2 rings (SSSR count). The maximum atomic E-state index is 12.3. The van der Waals surface area contributed by atoms with E-state index in [1.165, 1.54) is 37.8 Å². The second-order valence-electron chi connectivity index (χ2n) is 5.60. The Bertz CT molecular complexity index is 380. The molecule has 1 saturated carbocycles. The predicted molar refractivity (Wildman–Crippen MR) is 82.6 cm³/mol. The third-order valence-corrected chi connectivity index (χ3v) is 5.09. The van der Waals surface area contributed by atoms with Crippen LogP contribution in [0.25, 0.3) is 0 Å². The molecule has 1 aliphatic carbocycles. The number of thioether (sulfide) groups is 1. The fourth-order valence-electron chi connectivity index (χ4n) is 2.79. The van der Waals surface area contributed by atoms with Gasteiger partial charge in [-0.3, -0.25) is 4.79 Å². The highest BCUT2D eigenvalue weighted by atomic mass is 32.2. The maximum absolute atomic E-state index is 12.3. The number of allylic oxidation sites excluding steroid dienone is 2. The minimum atomic E-state index is 0.288. The third kappa shape index (κ3) is 3.88. The summed E-state index contributed by atoms with van der Waals surface area (Å²) in [5, 5.41) is 3.30. The molecule has 0 unspecified atom stereocenters. The van der Waals surface area contributed by atoms with Crippen molar-refractivity contribution in [3.8, 4) is 0 Å². The average molecular weight is 279 g/mol. The van der Waals surface area contributed by atoms with Crippen molar-refractivity contribution >= 4 is 17.5 Å². The smallest absolute Gasteiger partial charge is 0.161 e. The molecule has 0 spiro atoms. The zero-order chi connectivity index (χ0) is 13.7. The number of carbonyl (C=O) groups excluding carboxylic acids is 1. The molecule has 2 nitrogen and oxygen atoms in total. The first-order valence-corrected chi connectivity index (χ1v) is 8.47. The molecule has 1 fully saturated rings. The monoisotopic (exact) mass is 279 g/mol. The molecule has 0 aromatic carbocycles. The summed E-state index contributed by atoms with van der Waals surface area (Å²) in [4.78, 5) is 14.6. The van der Waals surface area contributed by atoms with Gasteiger partial charge in [0.15, 0.2) is 5.78 Å². The number of carbonyl (C=O) groups is 1. The van der Waals surface area contributed by atoms with E-state index >= 15 is 0 Å². The topological polar surface area (TPSA) is 20.3 Å². The van der Waals surface area contributed by atoms with Crippen LogP contribution in [-0.2, 0) is 4.79 Å². The second kappa shape index (κ2) is 7.18. The molecule has 0 saturated heterocycles. The number of hydrogen-bond donors (Lipinski definition) is 0. The quantitative estimate of drug-likeness (QED) is 0.681. The van der Waals surface area contributed by atoms with Gasteiger partial charge in [0, 0.05) is 24.2 Å². The van der Waals surface area contributed by atoms with Crippen molar-refractivity contribution in [2.45, 2.75) is 58.8 Å². The zero-order valence-corrected chi connectivity index (χ0v) is 13.0. The molecule has 1 heterocycles. The van der Waals surface area contributed by atoms with Gasteiger partial charge in [-0.25, -0.2) is 0 Å².